The van der Waals surface area contributed by atoms with Crippen molar-refractivity contribution in [2.24, 2.45) is 0 Å². The molecule has 1 aromatic heterocycles. The fourth-order valence-electron chi connectivity index (χ4n) is 2.68. The maximum Gasteiger partial charge on any atom is 0.169 e. The maximum atomic E-state index is 11.4. The van der Waals surface area contributed by atoms with Crippen LogP contribution >= 0.6 is 11.6 Å². The predicted molar refractivity (Wildman–Crippen MR) is 88.7 cm³/mol. The summed E-state index contributed by atoms with van der Waals surface area (Å²) in [5.41, 5.74) is 3.90. The van der Waals surface area contributed by atoms with Crippen LogP contribution < -0.4 is 0 Å². The van der Waals surface area contributed by atoms with Gasteiger partial charge >= 0.3 is 0 Å². The van der Waals surface area contributed by atoms with Gasteiger partial charge in [0.2, 0.25) is 0 Å². The van der Waals surface area contributed by atoms with Crippen LogP contribution in [0, 0.1) is 0 Å². The molecule has 2 aromatic rings. The number of rotatable bonds is 7. The number of ether oxygens (including phenoxy) is 1. The van der Waals surface area contributed by atoms with Crippen molar-refractivity contribution in [1.29, 1.82) is 0 Å². The Morgan fingerprint density at radius 2 is 1.91 bits per heavy atom. The molecule has 0 fully saturated rings. The lowest BCUT2D eigenvalue weighted by Gasteiger charge is -2.15. The number of aldehydes is 1. The van der Waals surface area contributed by atoms with Crippen LogP contribution in [-0.4, -0.2) is 29.6 Å². The molecule has 0 aliphatic carbocycles. The van der Waals surface area contributed by atoms with E-state index in [9.17, 15) is 4.79 Å². The minimum absolute atomic E-state index is 0.245. The molecule has 0 aliphatic rings. The first kappa shape index (κ1) is 16.7. The number of carbonyl (C=O) groups excluding carboxylic acids is 1. The van der Waals surface area contributed by atoms with E-state index < -0.39 is 0 Å². The number of hydrogen-bond donors (Lipinski definition) is 0. The number of hydrogen-bond acceptors (Lipinski definition) is 3. The first-order chi connectivity index (χ1) is 10.7. The fourth-order valence-corrected chi connectivity index (χ4v) is 2.90. The molecule has 5 heteroatoms. The zero-order chi connectivity index (χ0) is 16.1. The third kappa shape index (κ3) is 3.08. The molecule has 0 atom stereocenters. The number of nitrogens with zero attached hydrogens (tertiary/aromatic N) is 2. The highest BCUT2D eigenvalue weighted by Gasteiger charge is 2.20. The minimum atomic E-state index is 0.245. The summed E-state index contributed by atoms with van der Waals surface area (Å²) in [7, 11) is 1.64. The average molecular weight is 321 g/mol. The van der Waals surface area contributed by atoms with Crippen LogP contribution in [0.5, 0.6) is 0 Å². The van der Waals surface area contributed by atoms with E-state index >= 15 is 0 Å². The normalized spacial score (nSPS) is 10.9. The molecule has 0 bridgehead atoms. The van der Waals surface area contributed by atoms with E-state index in [1.54, 1.807) is 7.11 Å². The Labute approximate surface area is 136 Å². The number of methoxy groups -OCH3 is 1. The van der Waals surface area contributed by atoms with E-state index in [1.807, 2.05) is 4.57 Å². The molecular weight excluding hydrogens is 300 g/mol. The van der Waals surface area contributed by atoms with Gasteiger partial charge in [-0.3, -0.25) is 4.79 Å². The molecule has 0 unspecified atom stereocenters. The fraction of sp³-hybridized carbons (Fsp3) is 0.412. The first-order valence-electron chi connectivity index (χ1n) is 7.49. The van der Waals surface area contributed by atoms with Gasteiger partial charge in [0, 0.05) is 19.2 Å². The molecule has 4 nitrogen and oxygen atoms in total. The van der Waals surface area contributed by atoms with Gasteiger partial charge in [0.15, 0.2) is 11.4 Å². The van der Waals surface area contributed by atoms with Crippen molar-refractivity contribution in [3.05, 3.63) is 40.2 Å². The highest BCUT2D eigenvalue weighted by atomic mass is 35.5. The number of imidazole rings is 1. The average Bonchev–Trinajstić information content (AvgIpc) is 2.86. The topological polar surface area (TPSA) is 44.1 Å². The summed E-state index contributed by atoms with van der Waals surface area (Å²) in [6.45, 7) is 5.27. The second-order valence-electron chi connectivity index (χ2n) is 5.03. The van der Waals surface area contributed by atoms with E-state index in [4.69, 9.17) is 16.3 Å². The van der Waals surface area contributed by atoms with Gasteiger partial charge in [0.1, 0.15) is 11.5 Å². The molecule has 0 saturated heterocycles. The van der Waals surface area contributed by atoms with E-state index in [2.05, 4.69) is 37.0 Å². The van der Waals surface area contributed by atoms with Crippen molar-refractivity contribution >= 4 is 17.9 Å². The van der Waals surface area contributed by atoms with Gasteiger partial charge in [-0.25, -0.2) is 4.98 Å². The first-order valence-corrected chi connectivity index (χ1v) is 7.86. The van der Waals surface area contributed by atoms with E-state index in [0.717, 1.165) is 30.5 Å². The summed E-state index contributed by atoms with van der Waals surface area (Å²) in [6.07, 6.45) is 2.55. The highest BCUT2D eigenvalue weighted by Crippen LogP contribution is 2.31. The van der Waals surface area contributed by atoms with E-state index in [0.29, 0.717) is 18.8 Å². The number of carbonyl (C=O) groups is 1. The predicted octanol–water partition coefficient (Wildman–Crippen LogP) is 3.79. The lowest BCUT2D eigenvalue weighted by atomic mass is 9.97. The largest absolute Gasteiger partial charge is 0.383 e. The molecule has 1 heterocycles. The summed E-state index contributed by atoms with van der Waals surface area (Å²) in [5, 5.41) is 0.245. The standard InChI is InChI=1S/C17H21ClN2O2/c1-4-12-7-6-8-13(5-2)15(12)17-19-16(18)14(11-21)20(17)9-10-22-3/h6-8,11H,4-5,9-10H2,1-3H3. The maximum absolute atomic E-state index is 11.4. The third-order valence-electron chi connectivity index (χ3n) is 3.81. The Hall–Kier alpha value is -1.65. The van der Waals surface area contributed by atoms with Gasteiger partial charge in [-0.05, 0) is 24.0 Å². The molecular formula is C17H21ClN2O2. The smallest absolute Gasteiger partial charge is 0.169 e. The summed E-state index contributed by atoms with van der Waals surface area (Å²) >= 11 is 6.17. The molecule has 2 rings (SSSR count). The minimum Gasteiger partial charge on any atom is -0.383 e. The van der Waals surface area contributed by atoms with Crippen LogP contribution in [0.1, 0.15) is 35.5 Å². The number of halogens is 1. The molecule has 0 spiro atoms. The Balaban J connectivity index is 2.69. The molecule has 0 N–H and O–H groups in total. The van der Waals surface area contributed by atoms with Crippen LogP contribution in [0.2, 0.25) is 5.15 Å². The molecule has 0 amide bonds. The zero-order valence-electron chi connectivity index (χ0n) is 13.2. The van der Waals surface area contributed by atoms with Crippen molar-refractivity contribution in [2.45, 2.75) is 33.2 Å². The van der Waals surface area contributed by atoms with Gasteiger partial charge in [0.25, 0.3) is 0 Å². The van der Waals surface area contributed by atoms with Crippen LogP contribution in [0.25, 0.3) is 11.4 Å². The summed E-state index contributed by atoms with van der Waals surface area (Å²) in [5.74, 6) is 0.749. The SMILES string of the molecule is CCc1cccc(CC)c1-c1nc(Cl)c(C=O)n1CCOC. The monoisotopic (exact) mass is 320 g/mol. The van der Waals surface area contributed by atoms with Crippen molar-refractivity contribution in [3.8, 4) is 11.4 Å². The number of benzene rings is 1. The zero-order valence-corrected chi connectivity index (χ0v) is 14.0. The Kier molecular flexibility index (Phi) is 5.75. The van der Waals surface area contributed by atoms with Gasteiger partial charge in [-0.1, -0.05) is 43.6 Å². The molecule has 0 saturated carbocycles. The van der Waals surface area contributed by atoms with Gasteiger partial charge in [0.05, 0.1) is 6.61 Å². The molecule has 0 aliphatic heterocycles. The highest BCUT2D eigenvalue weighted by molar-refractivity contribution is 6.31. The number of aryl methyl sites for hydroxylation is 2. The van der Waals surface area contributed by atoms with Crippen LogP contribution in [-0.2, 0) is 24.1 Å². The van der Waals surface area contributed by atoms with Crippen molar-refractivity contribution < 1.29 is 9.53 Å². The van der Waals surface area contributed by atoms with Crippen LogP contribution in [0.4, 0.5) is 0 Å². The van der Waals surface area contributed by atoms with Crippen molar-refractivity contribution in [2.75, 3.05) is 13.7 Å². The summed E-state index contributed by atoms with van der Waals surface area (Å²) < 4.78 is 7.00. The molecule has 1 aromatic carbocycles. The second kappa shape index (κ2) is 7.56. The quantitative estimate of drug-likeness (QED) is 0.729. The van der Waals surface area contributed by atoms with Crippen molar-refractivity contribution in [3.63, 3.8) is 0 Å². The van der Waals surface area contributed by atoms with E-state index in [1.165, 1.54) is 11.1 Å². The molecule has 118 valence electrons. The lowest BCUT2D eigenvalue weighted by molar-refractivity contribution is 0.111. The van der Waals surface area contributed by atoms with Gasteiger partial charge < -0.3 is 9.30 Å². The summed E-state index contributed by atoms with van der Waals surface area (Å²) in [6, 6.07) is 6.25. The Bertz CT molecular complexity index is 643. The molecule has 0 radical (unpaired) electrons. The summed E-state index contributed by atoms with van der Waals surface area (Å²) in [4.78, 5) is 15.8. The van der Waals surface area contributed by atoms with Gasteiger partial charge in [-0.2, -0.15) is 0 Å². The second-order valence-corrected chi connectivity index (χ2v) is 5.39. The van der Waals surface area contributed by atoms with Crippen LogP contribution in [0.3, 0.4) is 0 Å². The third-order valence-corrected chi connectivity index (χ3v) is 4.09. The lowest BCUT2D eigenvalue weighted by Crippen LogP contribution is -2.10. The Morgan fingerprint density at radius 1 is 1.27 bits per heavy atom. The number of aromatic nitrogens is 2. The van der Waals surface area contributed by atoms with E-state index in [-0.39, 0.29) is 5.15 Å². The molecule has 22 heavy (non-hydrogen) atoms. The Morgan fingerprint density at radius 3 is 2.41 bits per heavy atom. The van der Waals surface area contributed by atoms with Crippen molar-refractivity contribution in [1.82, 2.24) is 9.55 Å². The van der Waals surface area contributed by atoms with Crippen LogP contribution in [0.15, 0.2) is 18.2 Å². The van der Waals surface area contributed by atoms with Gasteiger partial charge in [-0.15, -0.1) is 0 Å².